The molecule has 0 aromatic carbocycles. The number of hydrogen-bond acceptors (Lipinski definition) is 0. The summed E-state index contributed by atoms with van der Waals surface area (Å²) in [5.74, 6) is 2.35. The van der Waals surface area contributed by atoms with Gasteiger partial charge in [0.1, 0.15) is 0 Å². The van der Waals surface area contributed by atoms with E-state index in [9.17, 15) is 0 Å². The van der Waals surface area contributed by atoms with E-state index < -0.39 is 0 Å². The van der Waals surface area contributed by atoms with Crippen LogP contribution in [0.5, 0.6) is 0 Å². The smallest absolute Gasteiger partial charge is 0.0294 e. The standard InChI is InChI=1S/C10H16/c1-4-10-5-2-8(1)9(7-10)3-6-10/h8-9H,1-7H2. The van der Waals surface area contributed by atoms with Gasteiger partial charge in [0.05, 0.1) is 0 Å². The van der Waals surface area contributed by atoms with Crippen LogP contribution in [0.15, 0.2) is 0 Å². The highest BCUT2D eigenvalue weighted by Gasteiger charge is 2.49. The Morgan fingerprint density at radius 3 is 1.90 bits per heavy atom. The Balaban J connectivity index is 2.01. The molecule has 4 saturated carbocycles. The second-order valence-electron chi connectivity index (χ2n) is 4.84. The first kappa shape index (κ1) is 5.62. The molecule has 0 N–H and O–H groups in total. The van der Waals surface area contributed by atoms with Crippen LogP contribution in [0.1, 0.15) is 44.9 Å². The monoisotopic (exact) mass is 136 g/mol. The maximum atomic E-state index is 1.62. The molecule has 56 valence electrons. The second-order valence-corrected chi connectivity index (χ2v) is 4.84. The van der Waals surface area contributed by atoms with Crippen molar-refractivity contribution in [2.45, 2.75) is 44.9 Å². The fourth-order valence-electron chi connectivity index (χ4n) is 3.83. The van der Waals surface area contributed by atoms with E-state index in [0.29, 0.717) is 0 Å². The largest absolute Gasteiger partial charge is 0.0497 e. The third-order valence-corrected chi connectivity index (χ3v) is 4.50. The van der Waals surface area contributed by atoms with Gasteiger partial charge < -0.3 is 0 Å². The zero-order valence-electron chi connectivity index (χ0n) is 6.60. The molecule has 4 fully saturated rings. The minimum Gasteiger partial charge on any atom is -0.0497 e. The van der Waals surface area contributed by atoms with Gasteiger partial charge in [0.25, 0.3) is 0 Å². The average Bonchev–Trinajstić information content (AvgIpc) is 2.24. The quantitative estimate of drug-likeness (QED) is 0.480. The van der Waals surface area contributed by atoms with Crippen LogP contribution in [0.3, 0.4) is 0 Å². The minimum absolute atomic E-state index is 0.902. The van der Waals surface area contributed by atoms with Gasteiger partial charge in [0.2, 0.25) is 0 Å². The molecule has 0 nitrogen and oxygen atoms in total. The Hall–Kier alpha value is 0. The average molecular weight is 136 g/mol. The van der Waals surface area contributed by atoms with E-state index in [1.807, 2.05) is 0 Å². The highest BCUT2D eigenvalue weighted by atomic mass is 14.5. The van der Waals surface area contributed by atoms with Gasteiger partial charge >= 0.3 is 0 Å². The fraction of sp³-hybridized carbons (Fsp3) is 1.00. The molecule has 3 bridgehead atoms. The second kappa shape index (κ2) is 1.60. The number of fused-ring (bicyclic) bond motifs is 2. The van der Waals surface area contributed by atoms with Crippen LogP contribution in [0, 0.1) is 17.3 Å². The fourth-order valence-corrected chi connectivity index (χ4v) is 3.83. The van der Waals surface area contributed by atoms with E-state index in [1.54, 1.807) is 44.9 Å². The van der Waals surface area contributed by atoms with Crippen LogP contribution in [-0.4, -0.2) is 0 Å². The van der Waals surface area contributed by atoms with Crippen molar-refractivity contribution in [3.05, 3.63) is 0 Å². The number of rotatable bonds is 0. The Morgan fingerprint density at radius 1 is 0.800 bits per heavy atom. The first-order valence-corrected chi connectivity index (χ1v) is 4.88. The van der Waals surface area contributed by atoms with E-state index in [4.69, 9.17) is 0 Å². The van der Waals surface area contributed by atoms with Gasteiger partial charge in [-0.1, -0.05) is 0 Å². The molecule has 0 radical (unpaired) electrons. The molecule has 1 unspecified atom stereocenters. The molecule has 0 heterocycles. The highest BCUT2D eigenvalue weighted by molar-refractivity contribution is 5.01. The lowest BCUT2D eigenvalue weighted by molar-refractivity contribution is 0.0715. The van der Waals surface area contributed by atoms with Crippen molar-refractivity contribution < 1.29 is 0 Å². The van der Waals surface area contributed by atoms with E-state index in [1.165, 1.54) is 11.8 Å². The van der Waals surface area contributed by atoms with Crippen LogP contribution in [-0.2, 0) is 0 Å². The molecular weight excluding hydrogens is 120 g/mol. The summed E-state index contributed by atoms with van der Waals surface area (Å²) >= 11 is 0. The molecule has 0 amide bonds. The zero-order valence-corrected chi connectivity index (χ0v) is 6.60. The van der Waals surface area contributed by atoms with Gasteiger partial charge in [0.15, 0.2) is 0 Å². The highest BCUT2D eigenvalue weighted by Crippen LogP contribution is 2.61. The third kappa shape index (κ3) is 0.538. The van der Waals surface area contributed by atoms with E-state index >= 15 is 0 Å². The van der Waals surface area contributed by atoms with E-state index in [0.717, 1.165) is 5.41 Å². The molecule has 0 saturated heterocycles. The molecule has 10 heavy (non-hydrogen) atoms. The van der Waals surface area contributed by atoms with Gasteiger partial charge in [-0.2, -0.15) is 0 Å². The van der Waals surface area contributed by atoms with Crippen molar-refractivity contribution in [2.24, 2.45) is 17.3 Å². The predicted octanol–water partition coefficient (Wildman–Crippen LogP) is 2.98. The third-order valence-electron chi connectivity index (χ3n) is 4.50. The molecule has 1 atom stereocenters. The van der Waals surface area contributed by atoms with Crippen LogP contribution in [0.2, 0.25) is 0 Å². The summed E-state index contributed by atoms with van der Waals surface area (Å²) in [7, 11) is 0. The van der Waals surface area contributed by atoms with Crippen molar-refractivity contribution in [1.82, 2.24) is 0 Å². The Labute approximate surface area is 63.0 Å². The van der Waals surface area contributed by atoms with E-state index in [-0.39, 0.29) is 0 Å². The van der Waals surface area contributed by atoms with Crippen molar-refractivity contribution in [1.29, 1.82) is 0 Å². The number of hydrogen-bond donors (Lipinski definition) is 0. The summed E-state index contributed by atoms with van der Waals surface area (Å²) in [4.78, 5) is 0. The predicted molar refractivity (Wildman–Crippen MR) is 41.7 cm³/mol. The molecule has 4 aliphatic carbocycles. The van der Waals surface area contributed by atoms with Crippen LogP contribution >= 0.6 is 0 Å². The van der Waals surface area contributed by atoms with Gasteiger partial charge in [-0.15, -0.1) is 0 Å². The molecule has 0 heteroatoms. The van der Waals surface area contributed by atoms with Crippen LogP contribution in [0.4, 0.5) is 0 Å². The lowest BCUT2D eigenvalue weighted by Crippen LogP contribution is -2.32. The Morgan fingerprint density at radius 2 is 1.40 bits per heavy atom. The summed E-state index contributed by atoms with van der Waals surface area (Å²) in [5.41, 5.74) is 0.902. The first-order chi connectivity index (χ1) is 4.88. The first-order valence-electron chi connectivity index (χ1n) is 4.88. The SMILES string of the molecule is C1CC23CCC1C(CC2)C3. The van der Waals surface area contributed by atoms with Crippen molar-refractivity contribution >= 4 is 0 Å². The normalized spacial score (nSPS) is 57.6. The molecule has 4 aliphatic rings. The molecule has 0 aliphatic heterocycles. The maximum Gasteiger partial charge on any atom is -0.0294 e. The lowest BCUT2D eigenvalue weighted by atomic mass is 9.61. The van der Waals surface area contributed by atoms with Gasteiger partial charge in [-0.25, -0.2) is 0 Å². The molecule has 4 rings (SSSR count). The summed E-state index contributed by atoms with van der Waals surface area (Å²) in [5, 5.41) is 0. The van der Waals surface area contributed by atoms with Gasteiger partial charge in [0, 0.05) is 0 Å². The minimum atomic E-state index is 0.902. The van der Waals surface area contributed by atoms with E-state index in [2.05, 4.69) is 0 Å². The van der Waals surface area contributed by atoms with Crippen molar-refractivity contribution in [3.63, 3.8) is 0 Å². The van der Waals surface area contributed by atoms with Crippen molar-refractivity contribution in [2.75, 3.05) is 0 Å². The summed E-state index contributed by atoms with van der Waals surface area (Å²) < 4.78 is 0. The van der Waals surface area contributed by atoms with Crippen molar-refractivity contribution in [3.8, 4) is 0 Å². The molecular formula is C10H16. The molecule has 0 aromatic heterocycles. The maximum absolute atomic E-state index is 1.62. The molecule has 0 aromatic rings. The summed E-state index contributed by atoms with van der Waals surface area (Å²) in [6.07, 6.45) is 11.2. The lowest BCUT2D eigenvalue weighted by Gasteiger charge is -2.44. The van der Waals surface area contributed by atoms with Gasteiger partial charge in [-0.3, -0.25) is 0 Å². The summed E-state index contributed by atoms with van der Waals surface area (Å²) in [6.45, 7) is 0. The Bertz CT molecular complexity index is 138. The summed E-state index contributed by atoms with van der Waals surface area (Å²) in [6, 6.07) is 0. The van der Waals surface area contributed by atoms with Crippen LogP contribution < -0.4 is 0 Å². The van der Waals surface area contributed by atoms with Gasteiger partial charge in [-0.05, 0) is 62.2 Å². The van der Waals surface area contributed by atoms with Crippen LogP contribution in [0.25, 0.3) is 0 Å². The topological polar surface area (TPSA) is 0 Å². The molecule has 1 spiro atoms. The zero-order chi connectivity index (χ0) is 6.60. The Kier molecular flexibility index (Phi) is 0.898.